The Bertz CT molecular complexity index is 451. The molecule has 2 aromatic heterocycles. The van der Waals surface area contributed by atoms with Gasteiger partial charge in [0.1, 0.15) is 23.7 Å². The van der Waals surface area contributed by atoms with Crippen LogP contribution in [0.5, 0.6) is 0 Å². The predicted octanol–water partition coefficient (Wildman–Crippen LogP) is 2.30. The van der Waals surface area contributed by atoms with Crippen molar-refractivity contribution >= 4 is 5.82 Å². The van der Waals surface area contributed by atoms with Crippen LogP contribution in [-0.2, 0) is 6.54 Å². The van der Waals surface area contributed by atoms with E-state index >= 15 is 0 Å². The summed E-state index contributed by atoms with van der Waals surface area (Å²) in [7, 11) is 0. The lowest BCUT2D eigenvalue weighted by Gasteiger charge is -2.03. The Labute approximate surface area is 88.4 Å². The molecular formula is C11H13N3O. The van der Waals surface area contributed by atoms with Gasteiger partial charge >= 0.3 is 0 Å². The predicted molar refractivity (Wildman–Crippen MR) is 57.5 cm³/mol. The van der Waals surface area contributed by atoms with E-state index in [1.54, 1.807) is 6.33 Å². The van der Waals surface area contributed by atoms with Crippen LogP contribution in [0.15, 0.2) is 28.9 Å². The molecule has 4 heteroatoms. The first-order valence-electron chi connectivity index (χ1n) is 4.82. The number of nitrogens with one attached hydrogen (secondary N) is 1. The second-order valence-electron chi connectivity index (χ2n) is 3.41. The van der Waals surface area contributed by atoms with Gasteiger partial charge in [-0.2, -0.15) is 0 Å². The highest BCUT2D eigenvalue weighted by molar-refractivity contribution is 5.34. The van der Waals surface area contributed by atoms with Crippen molar-refractivity contribution in [1.82, 2.24) is 9.97 Å². The van der Waals surface area contributed by atoms with Gasteiger partial charge in [-0.3, -0.25) is 0 Å². The van der Waals surface area contributed by atoms with Gasteiger partial charge in [0.2, 0.25) is 0 Å². The van der Waals surface area contributed by atoms with Crippen LogP contribution in [-0.4, -0.2) is 9.97 Å². The van der Waals surface area contributed by atoms with Gasteiger partial charge < -0.3 is 9.73 Å². The number of nitrogens with zero attached hydrogens (tertiary/aromatic N) is 2. The zero-order chi connectivity index (χ0) is 10.7. The molecule has 0 spiro atoms. The standard InChI is InChI=1S/C11H13N3O/c1-8-5-11(14-7-13-8)12-6-10-4-3-9(2)15-10/h3-5,7H,6H2,1-2H3,(H,12,13,14). The Hall–Kier alpha value is -1.84. The molecule has 0 unspecified atom stereocenters. The molecule has 15 heavy (non-hydrogen) atoms. The molecule has 4 nitrogen and oxygen atoms in total. The second-order valence-corrected chi connectivity index (χ2v) is 3.41. The van der Waals surface area contributed by atoms with E-state index < -0.39 is 0 Å². The van der Waals surface area contributed by atoms with Crippen LogP contribution in [0, 0.1) is 13.8 Å². The first-order valence-corrected chi connectivity index (χ1v) is 4.82. The normalized spacial score (nSPS) is 10.3. The monoisotopic (exact) mass is 203 g/mol. The Morgan fingerprint density at radius 3 is 2.80 bits per heavy atom. The molecule has 0 saturated heterocycles. The van der Waals surface area contributed by atoms with Crippen LogP contribution in [0.25, 0.3) is 0 Å². The molecule has 0 aliphatic rings. The molecule has 2 heterocycles. The SMILES string of the molecule is Cc1cc(NCc2ccc(C)o2)ncn1. The largest absolute Gasteiger partial charge is 0.465 e. The van der Waals surface area contributed by atoms with Crippen molar-refractivity contribution in [2.24, 2.45) is 0 Å². The van der Waals surface area contributed by atoms with Crippen molar-refractivity contribution in [1.29, 1.82) is 0 Å². The van der Waals surface area contributed by atoms with Crippen LogP contribution in [0.4, 0.5) is 5.82 Å². The first-order chi connectivity index (χ1) is 7.24. The number of aromatic nitrogens is 2. The average Bonchev–Trinajstić information content (AvgIpc) is 2.62. The molecular weight excluding hydrogens is 190 g/mol. The van der Waals surface area contributed by atoms with Crippen molar-refractivity contribution in [3.05, 3.63) is 41.7 Å². The fraction of sp³-hybridized carbons (Fsp3) is 0.273. The molecule has 0 atom stereocenters. The molecule has 2 rings (SSSR count). The molecule has 0 bridgehead atoms. The molecule has 1 N–H and O–H groups in total. The molecule has 0 saturated carbocycles. The maximum atomic E-state index is 5.43. The third-order valence-electron chi connectivity index (χ3n) is 2.04. The van der Waals surface area contributed by atoms with E-state index in [4.69, 9.17) is 4.42 Å². The Morgan fingerprint density at radius 2 is 2.13 bits per heavy atom. The molecule has 0 amide bonds. The summed E-state index contributed by atoms with van der Waals surface area (Å²) in [5.74, 6) is 2.64. The zero-order valence-electron chi connectivity index (χ0n) is 8.82. The highest BCUT2D eigenvalue weighted by atomic mass is 16.3. The quantitative estimate of drug-likeness (QED) is 0.831. The molecule has 0 radical (unpaired) electrons. The van der Waals surface area contributed by atoms with Crippen molar-refractivity contribution in [2.75, 3.05) is 5.32 Å². The van der Waals surface area contributed by atoms with Crippen LogP contribution < -0.4 is 5.32 Å². The van der Waals surface area contributed by atoms with Gasteiger partial charge in [-0.15, -0.1) is 0 Å². The lowest BCUT2D eigenvalue weighted by Crippen LogP contribution is -2.01. The smallest absolute Gasteiger partial charge is 0.129 e. The van der Waals surface area contributed by atoms with Crippen molar-refractivity contribution < 1.29 is 4.42 Å². The molecule has 0 aromatic carbocycles. The summed E-state index contributed by atoms with van der Waals surface area (Å²) in [5, 5.41) is 3.17. The summed E-state index contributed by atoms with van der Waals surface area (Å²) in [6.45, 7) is 4.51. The van der Waals surface area contributed by atoms with Gasteiger partial charge in [0.25, 0.3) is 0 Å². The van der Waals surface area contributed by atoms with E-state index in [1.165, 1.54) is 0 Å². The summed E-state index contributed by atoms with van der Waals surface area (Å²) in [6, 6.07) is 5.80. The minimum Gasteiger partial charge on any atom is -0.465 e. The minimum absolute atomic E-state index is 0.643. The first kappa shape index (κ1) is 9.71. The topological polar surface area (TPSA) is 51.0 Å². The highest BCUT2D eigenvalue weighted by Crippen LogP contribution is 2.09. The van der Waals surface area contributed by atoms with Crippen LogP contribution >= 0.6 is 0 Å². The lowest BCUT2D eigenvalue weighted by atomic mass is 10.4. The average molecular weight is 203 g/mol. The van der Waals surface area contributed by atoms with Gasteiger partial charge in [0.15, 0.2) is 0 Å². The molecule has 0 aliphatic carbocycles. The zero-order valence-corrected chi connectivity index (χ0v) is 8.82. The third kappa shape index (κ3) is 2.56. The maximum absolute atomic E-state index is 5.43. The molecule has 0 aliphatic heterocycles. The van der Waals surface area contributed by atoms with Crippen molar-refractivity contribution in [2.45, 2.75) is 20.4 Å². The van der Waals surface area contributed by atoms with E-state index in [0.29, 0.717) is 6.54 Å². The van der Waals surface area contributed by atoms with Crippen LogP contribution in [0.3, 0.4) is 0 Å². The van der Waals surface area contributed by atoms with Crippen molar-refractivity contribution in [3.8, 4) is 0 Å². The third-order valence-corrected chi connectivity index (χ3v) is 2.04. The van der Waals surface area contributed by atoms with Gasteiger partial charge in [0.05, 0.1) is 6.54 Å². The van der Waals surface area contributed by atoms with Gasteiger partial charge in [0, 0.05) is 11.8 Å². The Kier molecular flexibility index (Phi) is 2.67. The fourth-order valence-electron chi connectivity index (χ4n) is 1.31. The minimum atomic E-state index is 0.643. The van der Waals surface area contributed by atoms with Gasteiger partial charge in [-0.1, -0.05) is 0 Å². The van der Waals surface area contributed by atoms with E-state index in [2.05, 4.69) is 15.3 Å². The summed E-state index contributed by atoms with van der Waals surface area (Å²) in [4.78, 5) is 8.12. The van der Waals surface area contributed by atoms with E-state index in [9.17, 15) is 0 Å². The number of anilines is 1. The van der Waals surface area contributed by atoms with Crippen LogP contribution in [0.1, 0.15) is 17.2 Å². The fourth-order valence-corrected chi connectivity index (χ4v) is 1.31. The number of hydrogen-bond acceptors (Lipinski definition) is 4. The van der Waals surface area contributed by atoms with Crippen LogP contribution in [0.2, 0.25) is 0 Å². The van der Waals surface area contributed by atoms with Gasteiger partial charge in [-0.25, -0.2) is 9.97 Å². The van der Waals surface area contributed by atoms with E-state index in [0.717, 1.165) is 23.0 Å². The van der Waals surface area contributed by atoms with E-state index in [-0.39, 0.29) is 0 Å². The van der Waals surface area contributed by atoms with E-state index in [1.807, 2.05) is 32.0 Å². The Balaban J connectivity index is 1.99. The Morgan fingerprint density at radius 1 is 1.27 bits per heavy atom. The maximum Gasteiger partial charge on any atom is 0.129 e. The second kappa shape index (κ2) is 4.13. The summed E-state index contributed by atoms with van der Waals surface area (Å²) in [5.41, 5.74) is 0.947. The van der Waals surface area contributed by atoms with Gasteiger partial charge in [-0.05, 0) is 26.0 Å². The molecule has 78 valence electrons. The lowest BCUT2D eigenvalue weighted by molar-refractivity contribution is 0.490. The summed E-state index contributed by atoms with van der Waals surface area (Å²) < 4.78 is 5.43. The number of rotatable bonds is 3. The van der Waals surface area contributed by atoms with Crippen molar-refractivity contribution in [3.63, 3.8) is 0 Å². The number of hydrogen-bond donors (Lipinski definition) is 1. The number of aryl methyl sites for hydroxylation is 2. The summed E-state index contributed by atoms with van der Waals surface area (Å²) >= 11 is 0. The molecule has 0 fully saturated rings. The highest BCUT2D eigenvalue weighted by Gasteiger charge is 1.99. The number of furan rings is 1. The summed E-state index contributed by atoms with van der Waals surface area (Å²) in [6.07, 6.45) is 1.55. The molecule has 2 aromatic rings.